The summed E-state index contributed by atoms with van der Waals surface area (Å²) < 4.78 is 5.09. The molecule has 128 valence electrons. The summed E-state index contributed by atoms with van der Waals surface area (Å²) in [5.74, 6) is 0.730. The van der Waals surface area contributed by atoms with Crippen molar-refractivity contribution in [2.24, 2.45) is 0 Å². The van der Waals surface area contributed by atoms with Gasteiger partial charge in [-0.3, -0.25) is 5.32 Å². The van der Waals surface area contributed by atoms with E-state index in [1.165, 1.54) is 22.5 Å². The summed E-state index contributed by atoms with van der Waals surface area (Å²) >= 11 is 1.33. The predicted octanol–water partition coefficient (Wildman–Crippen LogP) is 4.47. The molecule has 0 fully saturated rings. The molecule has 0 bridgehead atoms. The Balaban J connectivity index is 1.65. The molecule has 2 N–H and O–H groups in total. The number of aryl methyl sites for hydroxylation is 2. The molecule has 0 spiro atoms. The minimum Gasteiger partial charge on any atom is -0.497 e. The van der Waals surface area contributed by atoms with Crippen molar-refractivity contribution >= 4 is 28.2 Å². The van der Waals surface area contributed by atoms with Crippen LogP contribution in [0.1, 0.15) is 11.1 Å². The highest BCUT2D eigenvalue weighted by Gasteiger charge is 2.10. The van der Waals surface area contributed by atoms with Crippen LogP contribution in [-0.2, 0) is 0 Å². The van der Waals surface area contributed by atoms with E-state index in [0.717, 1.165) is 16.3 Å². The van der Waals surface area contributed by atoms with Gasteiger partial charge in [0.25, 0.3) is 0 Å². The van der Waals surface area contributed by atoms with E-state index < -0.39 is 0 Å². The quantitative estimate of drug-likeness (QED) is 0.724. The average molecular weight is 354 g/mol. The molecule has 0 saturated carbocycles. The second kappa shape index (κ2) is 7.31. The first-order chi connectivity index (χ1) is 12.0. The van der Waals surface area contributed by atoms with E-state index in [9.17, 15) is 4.79 Å². The molecule has 6 nitrogen and oxygen atoms in total. The van der Waals surface area contributed by atoms with Crippen LogP contribution >= 0.6 is 11.3 Å². The molecule has 0 atom stereocenters. The molecule has 7 heteroatoms. The lowest BCUT2D eigenvalue weighted by atomic mass is 10.1. The van der Waals surface area contributed by atoms with Gasteiger partial charge in [0.15, 0.2) is 0 Å². The predicted molar refractivity (Wildman–Crippen MR) is 100 cm³/mol. The highest BCUT2D eigenvalue weighted by molar-refractivity contribution is 7.18. The van der Waals surface area contributed by atoms with E-state index in [1.54, 1.807) is 31.4 Å². The fourth-order valence-electron chi connectivity index (χ4n) is 2.20. The van der Waals surface area contributed by atoms with Gasteiger partial charge in [0, 0.05) is 11.3 Å². The van der Waals surface area contributed by atoms with Crippen molar-refractivity contribution in [2.45, 2.75) is 13.8 Å². The molecule has 1 aromatic heterocycles. The molecular formula is C18H18N4O2S. The van der Waals surface area contributed by atoms with Crippen molar-refractivity contribution in [3.05, 3.63) is 53.6 Å². The van der Waals surface area contributed by atoms with Gasteiger partial charge in [-0.1, -0.05) is 23.5 Å². The Morgan fingerprint density at radius 2 is 1.76 bits per heavy atom. The number of nitrogens with one attached hydrogen (secondary N) is 2. The molecule has 3 rings (SSSR count). The standard InChI is InChI=1S/C18H18N4O2S/c1-11-4-5-13(10-12(11)2)16-21-22-18(25-16)20-17(23)19-14-6-8-15(24-3)9-7-14/h4-10H,1-3H3,(H2,19,20,22,23). The van der Waals surface area contributed by atoms with E-state index in [4.69, 9.17) is 4.74 Å². The number of benzene rings is 2. The van der Waals surface area contributed by atoms with Crippen LogP contribution in [-0.4, -0.2) is 23.3 Å². The number of anilines is 2. The number of carbonyl (C=O) groups excluding carboxylic acids is 1. The Hall–Kier alpha value is -2.93. The van der Waals surface area contributed by atoms with Gasteiger partial charge in [0.1, 0.15) is 10.8 Å². The SMILES string of the molecule is COc1ccc(NC(=O)Nc2nnc(-c3ccc(C)c(C)c3)s2)cc1. The minimum atomic E-state index is -0.368. The van der Waals surface area contributed by atoms with Crippen LogP contribution in [0.2, 0.25) is 0 Å². The Morgan fingerprint density at radius 3 is 2.44 bits per heavy atom. The Bertz CT molecular complexity index is 890. The molecule has 3 aromatic rings. The number of hydrogen-bond donors (Lipinski definition) is 2. The molecular weight excluding hydrogens is 336 g/mol. The lowest BCUT2D eigenvalue weighted by Crippen LogP contribution is -2.19. The average Bonchev–Trinajstić information content (AvgIpc) is 3.06. The maximum atomic E-state index is 12.1. The monoisotopic (exact) mass is 354 g/mol. The zero-order chi connectivity index (χ0) is 17.8. The van der Waals surface area contributed by atoms with Crippen molar-refractivity contribution in [3.63, 3.8) is 0 Å². The van der Waals surface area contributed by atoms with Crippen molar-refractivity contribution < 1.29 is 9.53 Å². The summed E-state index contributed by atoms with van der Waals surface area (Å²) in [6.45, 7) is 4.12. The van der Waals surface area contributed by atoms with Crippen LogP contribution in [0.25, 0.3) is 10.6 Å². The summed E-state index contributed by atoms with van der Waals surface area (Å²) in [6.07, 6.45) is 0. The van der Waals surface area contributed by atoms with Gasteiger partial charge in [-0.25, -0.2) is 4.79 Å². The summed E-state index contributed by atoms with van der Waals surface area (Å²) in [7, 11) is 1.59. The number of carbonyl (C=O) groups is 1. The summed E-state index contributed by atoms with van der Waals surface area (Å²) in [4.78, 5) is 12.1. The van der Waals surface area contributed by atoms with Crippen molar-refractivity contribution in [3.8, 4) is 16.3 Å². The molecule has 1 heterocycles. The second-order valence-electron chi connectivity index (χ2n) is 5.52. The molecule has 2 aromatic carbocycles. The number of urea groups is 1. The lowest BCUT2D eigenvalue weighted by Gasteiger charge is -2.06. The summed E-state index contributed by atoms with van der Waals surface area (Å²) in [5.41, 5.74) is 4.08. The first-order valence-electron chi connectivity index (χ1n) is 7.68. The number of ether oxygens (including phenoxy) is 1. The number of hydrogen-bond acceptors (Lipinski definition) is 5. The molecule has 0 unspecified atom stereocenters. The Morgan fingerprint density at radius 1 is 1.00 bits per heavy atom. The number of aromatic nitrogens is 2. The third kappa shape index (κ3) is 4.13. The number of nitrogens with zero attached hydrogens (tertiary/aromatic N) is 2. The van der Waals surface area contributed by atoms with Gasteiger partial charge in [-0.2, -0.15) is 0 Å². The van der Waals surface area contributed by atoms with Crippen LogP contribution in [0.4, 0.5) is 15.6 Å². The van der Waals surface area contributed by atoms with Crippen LogP contribution < -0.4 is 15.4 Å². The third-order valence-electron chi connectivity index (χ3n) is 3.75. The van der Waals surface area contributed by atoms with Gasteiger partial charge in [0.2, 0.25) is 5.13 Å². The lowest BCUT2D eigenvalue weighted by molar-refractivity contribution is 0.262. The number of amides is 2. The fraction of sp³-hybridized carbons (Fsp3) is 0.167. The molecule has 0 aliphatic heterocycles. The van der Waals surface area contributed by atoms with Crippen LogP contribution in [0.3, 0.4) is 0 Å². The maximum Gasteiger partial charge on any atom is 0.325 e. The Kier molecular flexibility index (Phi) is 4.95. The van der Waals surface area contributed by atoms with Crippen molar-refractivity contribution in [1.82, 2.24) is 10.2 Å². The van der Waals surface area contributed by atoms with E-state index in [2.05, 4.69) is 46.8 Å². The molecule has 2 amide bonds. The number of methoxy groups -OCH3 is 1. The van der Waals surface area contributed by atoms with E-state index in [0.29, 0.717) is 10.8 Å². The molecule has 0 aliphatic carbocycles. The van der Waals surface area contributed by atoms with Crippen LogP contribution in [0.15, 0.2) is 42.5 Å². The smallest absolute Gasteiger partial charge is 0.325 e. The Labute approximate surface area is 149 Å². The normalized spacial score (nSPS) is 10.4. The fourth-order valence-corrected chi connectivity index (χ4v) is 2.93. The van der Waals surface area contributed by atoms with Gasteiger partial charge >= 0.3 is 6.03 Å². The topological polar surface area (TPSA) is 76.1 Å². The molecule has 0 aliphatic rings. The van der Waals surface area contributed by atoms with E-state index in [1.807, 2.05) is 6.07 Å². The van der Waals surface area contributed by atoms with Crippen molar-refractivity contribution in [2.75, 3.05) is 17.7 Å². The molecule has 25 heavy (non-hydrogen) atoms. The maximum absolute atomic E-state index is 12.1. The van der Waals surface area contributed by atoms with E-state index in [-0.39, 0.29) is 6.03 Å². The largest absolute Gasteiger partial charge is 0.497 e. The zero-order valence-electron chi connectivity index (χ0n) is 14.2. The van der Waals surface area contributed by atoms with Crippen LogP contribution in [0.5, 0.6) is 5.75 Å². The van der Waals surface area contributed by atoms with Gasteiger partial charge in [-0.15, -0.1) is 10.2 Å². The highest BCUT2D eigenvalue weighted by atomic mass is 32.1. The molecule has 0 radical (unpaired) electrons. The number of rotatable bonds is 4. The van der Waals surface area contributed by atoms with Gasteiger partial charge in [-0.05, 0) is 55.3 Å². The molecule has 0 saturated heterocycles. The summed E-state index contributed by atoms with van der Waals surface area (Å²) in [6, 6.07) is 12.8. The summed E-state index contributed by atoms with van der Waals surface area (Å²) in [5, 5.41) is 14.8. The first kappa shape index (κ1) is 16.9. The first-order valence-corrected chi connectivity index (χ1v) is 8.50. The third-order valence-corrected chi connectivity index (χ3v) is 4.63. The zero-order valence-corrected chi connectivity index (χ0v) is 15.0. The van der Waals surface area contributed by atoms with E-state index >= 15 is 0 Å². The second-order valence-corrected chi connectivity index (χ2v) is 6.50. The highest BCUT2D eigenvalue weighted by Crippen LogP contribution is 2.27. The van der Waals surface area contributed by atoms with Gasteiger partial charge in [0.05, 0.1) is 7.11 Å². The van der Waals surface area contributed by atoms with Gasteiger partial charge < -0.3 is 10.1 Å². The van der Waals surface area contributed by atoms with Crippen LogP contribution in [0, 0.1) is 13.8 Å². The minimum absolute atomic E-state index is 0.368. The van der Waals surface area contributed by atoms with Crippen molar-refractivity contribution in [1.29, 1.82) is 0 Å².